The number of ether oxygens (including phenoxy) is 2. The number of hydrogen-bond acceptors (Lipinski definition) is 3. The highest BCUT2D eigenvalue weighted by Gasteiger charge is 2.09. The zero-order valence-electron chi connectivity index (χ0n) is 12.9. The van der Waals surface area contributed by atoms with Gasteiger partial charge in [-0.1, -0.05) is 45.6 Å². The second-order valence-electron chi connectivity index (χ2n) is 5.11. The maximum absolute atomic E-state index is 10.3. The van der Waals surface area contributed by atoms with Gasteiger partial charge in [0.2, 0.25) is 0 Å². The molecule has 0 aliphatic rings. The predicted octanol–water partition coefficient (Wildman–Crippen LogP) is 3.76. The molecule has 2 atom stereocenters. The molecule has 1 N–H and O–H groups in total. The van der Waals surface area contributed by atoms with Crippen molar-refractivity contribution in [3.63, 3.8) is 0 Å². The number of carboxylic acids is 1. The summed E-state index contributed by atoms with van der Waals surface area (Å²) in [6.45, 7) is 16.0. The Kier molecular flexibility index (Phi) is 8.64. The first-order chi connectivity index (χ1) is 9.23. The summed E-state index contributed by atoms with van der Waals surface area (Å²) >= 11 is 0. The van der Waals surface area contributed by atoms with Crippen LogP contribution in [0.5, 0.6) is 0 Å². The fraction of sp³-hybridized carbons (Fsp3) is 0.562. The lowest BCUT2D eigenvalue weighted by atomic mass is 9.91. The van der Waals surface area contributed by atoms with E-state index in [1.54, 1.807) is 13.0 Å². The monoisotopic (exact) mass is 282 g/mol. The molecule has 0 saturated carbocycles. The predicted molar refractivity (Wildman–Crippen MR) is 80.2 cm³/mol. The molecule has 114 valence electrons. The van der Waals surface area contributed by atoms with E-state index in [1.807, 2.05) is 6.08 Å². The van der Waals surface area contributed by atoms with E-state index in [9.17, 15) is 4.79 Å². The van der Waals surface area contributed by atoms with Crippen molar-refractivity contribution in [2.75, 3.05) is 6.61 Å². The molecular weight excluding hydrogens is 256 g/mol. The van der Waals surface area contributed by atoms with Crippen molar-refractivity contribution in [3.05, 3.63) is 36.6 Å². The van der Waals surface area contributed by atoms with Gasteiger partial charge in [-0.2, -0.15) is 0 Å². The Labute approximate surface area is 121 Å². The van der Waals surface area contributed by atoms with Crippen LogP contribution < -0.4 is 0 Å². The van der Waals surface area contributed by atoms with Crippen LogP contribution in [0.4, 0.5) is 0 Å². The Morgan fingerprint density at radius 3 is 2.30 bits per heavy atom. The lowest BCUT2D eigenvalue weighted by Gasteiger charge is -2.17. The van der Waals surface area contributed by atoms with Crippen LogP contribution in [-0.4, -0.2) is 24.0 Å². The van der Waals surface area contributed by atoms with Gasteiger partial charge in [-0.05, 0) is 24.8 Å². The van der Waals surface area contributed by atoms with Crippen molar-refractivity contribution >= 4 is 5.97 Å². The van der Waals surface area contributed by atoms with Gasteiger partial charge < -0.3 is 14.6 Å². The van der Waals surface area contributed by atoms with Gasteiger partial charge in [0.05, 0.1) is 13.0 Å². The van der Waals surface area contributed by atoms with Crippen LogP contribution in [0.3, 0.4) is 0 Å². The molecule has 0 fully saturated rings. The molecule has 0 aromatic carbocycles. The van der Waals surface area contributed by atoms with Gasteiger partial charge in [-0.25, -0.2) is 0 Å². The molecule has 0 bridgehead atoms. The SMILES string of the molecule is C=C(C=CC(=C)C(C)C(C)C)OC(C)OCCC(=O)O. The lowest BCUT2D eigenvalue weighted by Crippen LogP contribution is -2.14. The number of rotatable bonds is 10. The van der Waals surface area contributed by atoms with Gasteiger partial charge in [0.15, 0.2) is 6.29 Å². The molecule has 0 aliphatic carbocycles. The number of hydrogen-bond donors (Lipinski definition) is 1. The average molecular weight is 282 g/mol. The average Bonchev–Trinajstić information content (AvgIpc) is 2.34. The van der Waals surface area contributed by atoms with Gasteiger partial charge in [0, 0.05) is 0 Å². The van der Waals surface area contributed by atoms with E-state index in [0.717, 1.165) is 5.57 Å². The largest absolute Gasteiger partial charge is 0.481 e. The Hall–Kier alpha value is -1.55. The molecule has 0 saturated heterocycles. The van der Waals surface area contributed by atoms with Crippen LogP contribution in [-0.2, 0) is 14.3 Å². The van der Waals surface area contributed by atoms with E-state index in [0.29, 0.717) is 17.6 Å². The summed E-state index contributed by atoms with van der Waals surface area (Å²) in [4.78, 5) is 10.3. The fourth-order valence-corrected chi connectivity index (χ4v) is 1.38. The molecule has 4 heteroatoms. The van der Waals surface area contributed by atoms with Crippen LogP contribution in [0.2, 0.25) is 0 Å². The minimum absolute atomic E-state index is 0.0429. The minimum Gasteiger partial charge on any atom is -0.481 e. The maximum atomic E-state index is 10.3. The Bertz CT molecular complexity index is 369. The van der Waals surface area contributed by atoms with E-state index in [4.69, 9.17) is 14.6 Å². The van der Waals surface area contributed by atoms with E-state index in [2.05, 4.69) is 33.9 Å². The molecule has 4 nitrogen and oxygen atoms in total. The smallest absolute Gasteiger partial charge is 0.305 e. The number of allylic oxidation sites excluding steroid dienone is 3. The van der Waals surface area contributed by atoms with Gasteiger partial charge in [0.1, 0.15) is 5.76 Å². The summed E-state index contributed by atoms with van der Waals surface area (Å²) in [5, 5.41) is 8.49. The summed E-state index contributed by atoms with van der Waals surface area (Å²) in [6, 6.07) is 0. The number of aliphatic carboxylic acids is 1. The van der Waals surface area contributed by atoms with Crippen molar-refractivity contribution < 1.29 is 19.4 Å². The summed E-state index contributed by atoms with van der Waals surface area (Å²) < 4.78 is 10.6. The van der Waals surface area contributed by atoms with Gasteiger partial charge in [0.25, 0.3) is 0 Å². The van der Waals surface area contributed by atoms with Crippen molar-refractivity contribution in [1.82, 2.24) is 0 Å². The Balaban J connectivity index is 4.09. The van der Waals surface area contributed by atoms with Gasteiger partial charge in [-0.15, -0.1) is 0 Å². The van der Waals surface area contributed by atoms with Gasteiger partial charge in [-0.3, -0.25) is 4.79 Å². The highest BCUT2D eigenvalue weighted by molar-refractivity contribution is 5.66. The van der Waals surface area contributed by atoms with E-state index in [1.165, 1.54) is 0 Å². The molecule has 20 heavy (non-hydrogen) atoms. The molecule has 0 aromatic rings. The van der Waals surface area contributed by atoms with Crippen LogP contribution in [0, 0.1) is 11.8 Å². The standard InChI is InChI=1S/C16H26O4/c1-11(2)14(5)12(3)7-8-13(4)20-15(6)19-10-9-16(17)18/h7-8,11,14-15H,3-4,9-10H2,1-2,5-6H3,(H,17,18). The van der Waals surface area contributed by atoms with Crippen LogP contribution in [0.1, 0.15) is 34.1 Å². The van der Waals surface area contributed by atoms with E-state index in [-0.39, 0.29) is 13.0 Å². The molecule has 0 heterocycles. The lowest BCUT2D eigenvalue weighted by molar-refractivity contribution is -0.142. The molecule has 0 aliphatic heterocycles. The molecule has 2 unspecified atom stereocenters. The first kappa shape index (κ1) is 18.4. The molecular formula is C16H26O4. The summed E-state index contributed by atoms with van der Waals surface area (Å²) in [7, 11) is 0. The summed E-state index contributed by atoms with van der Waals surface area (Å²) in [5.41, 5.74) is 1.02. The third-order valence-corrected chi connectivity index (χ3v) is 3.05. The first-order valence-corrected chi connectivity index (χ1v) is 6.79. The quantitative estimate of drug-likeness (QED) is 0.376. The fourth-order valence-electron chi connectivity index (χ4n) is 1.38. The Morgan fingerprint density at radius 1 is 1.20 bits per heavy atom. The van der Waals surface area contributed by atoms with E-state index < -0.39 is 12.3 Å². The highest BCUT2D eigenvalue weighted by atomic mass is 16.7. The van der Waals surface area contributed by atoms with Crippen molar-refractivity contribution in [2.24, 2.45) is 11.8 Å². The highest BCUT2D eigenvalue weighted by Crippen LogP contribution is 2.19. The second-order valence-corrected chi connectivity index (χ2v) is 5.11. The van der Waals surface area contributed by atoms with Crippen LogP contribution in [0.15, 0.2) is 36.6 Å². The number of carboxylic acid groups (broad SMARTS) is 1. The van der Waals surface area contributed by atoms with Crippen molar-refractivity contribution in [1.29, 1.82) is 0 Å². The van der Waals surface area contributed by atoms with Crippen LogP contribution >= 0.6 is 0 Å². The third kappa shape index (κ3) is 8.53. The molecule has 0 radical (unpaired) electrons. The molecule has 0 aromatic heterocycles. The van der Waals surface area contributed by atoms with Crippen molar-refractivity contribution in [3.8, 4) is 0 Å². The normalized spacial score (nSPS) is 14.2. The van der Waals surface area contributed by atoms with Crippen LogP contribution in [0.25, 0.3) is 0 Å². The zero-order chi connectivity index (χ0) is 15.7. The summed E-state index contributed by atoms with van der Waals surface area (Å²) in [6.07, 6.45) is 3.07. The first-order valence-electron chi connectivity index (χ1n) is 6.79. The summed E-state index contributed by atoms with van der Waals surface area (Å²) in [5.74, 6) is 0.489. The second kappa shape index (κ2) is 9.37. The van der Waals surface area contributed by atoms with Crippen molar-refractivity contribution in [2.45, 2.75) is 40.4 Å². The number of carbonyl (C=O) groups is 1. The Morgan fingerprint density at radius 2 is 1.80 bits per heavy atom. The maximum Gasteiger partial charge on any atom is 0.305 e. The topological polar surface area (TPSA) is 55.8 Å². The van der Waals surface area contributed by atoms with E-state index >= 15 is 0 Å². The third-order valence-electron chi connectivity index (χ3n) is 3.05. The molecule has 0 spiro atoms. The van der Waals surface area contributed by atoms with Gasteiger partial charge >= 0.3 is 5.97 Å². The molecule has 0 amide bonds. The zero-order valence-corrected chi connectivity index (χ0v) is 12.9. The molecule has 0 rings (SSSR count). The minimum atomic E-state index is -0.894.